The van der Waals surface area contributed by atoms with Gasteiger partial charge < -0.3 is 15.0 Å². The number of likely N-dealkylation sites (tertiary alicyclic amines) is 1. The number of rotatable bonds is 9. The predicted molar refractivity (Wildman–Crippen MR) is 140 cm³/mol. The van der Waals surface area contributed by atoms with Gasteiger partial charge in [0.2, 0.25) is 5.95 Å². The summed E-state index contributed by atoms with van der Waals surface area (Å²) >= 11 is 5.23. The van der Waals surface area contributed by atoms with Crippen molar-refractivity contribution < 1.29 is 14.3 Å². The molecule has 2 saturated heterocycles. The van der Waals surface area contributed by atoms with Crippen molar-refractivity contribution in [2.24, 2.45) is 0 Å². The fraction of sp³-hybridized carbons (Fsp3) is 0.417. The van der Waals surface area contributed by atoms with E-state index in [2.05, 4.69) is 54.6 Å². The summed E-state index contributed by atoms with van der Waals surface area (Å²) in [6.07, 6.45) is 3.00. The molecule has 3 aromatic rings. The molecule has 2 N–H and O–H groups in total. The third kappa shape index (κ3) is 4.98. The lowest BCUT2D eigenvalue weighted by Gasteiger charge is -2.30. The quantitative estimate of drug-likeness (QED) is 0.383. The Morgan fingerprint density at radius 3 is 2.77 bits per heavy atom. The monoisotopic (exact) mass is 558 g/mol. The molecule has 2 fully saturated rings. The van der Waals surface area contributed by atoms with Crippen LogP contribution in [0.15, 0.2) is 34.9 Å². The minimum Gasteiger partial charge on any atom is -0.492 e. The van der Waals surface area contributed by atoms with Crippen LogP contribution in [-0.4, -0.2) is 76.6 Å². The van der Waals surface area contributed by atoms with Crippen LogP contribution in [0.1, 0.15) is 20.3 Å². The number of nitrogens with zero attached hydrogens (tertiary/aromatic N) is 4. The first-order chi connectivity index (χ1) is 16.8. The second-order valence-electron chi connectivity index (χ2n) is 9.14. The third-order valence-corrected chi connectivity index (χ3v) is 8.11. The van der Waals surface area contributed by atoms with Gasteiger partial charge in [-0.05, 0) is 78.9 Å². The molecule has 184 valence electrons. The van der Waals surface area contributed by atoms with E-state index in [1.54, 1.807) is 31.4 Å². The zero-order chi connectivity index (χ0) is 24.6. The zero-order valence-corrected chi connectivity index (χ0v) is 22.0. The summed E-state index contributed by atoms with van der Waals surface area (Å²) < 4.78 is 7.91. The number of anilines is 1. The van der Waals surface area contributed by atoms with Gasteiger partial charge in [0, 0.05) is 30.5 Å². The van der Waals surface area contributed by atoms with Crippen molar-refractivity contribution in [3.05, 3.63) is 34.9 Å². The Bertz CT molecular complexity index is 1280. The van der Waals surface area contributed by atoms with Crippen molar-refractivity contribution >= 4 is 55.2 Å². The molecule has 0 spiro atoms. The Balaban J connectivity index is 1.25. The molecule has 35 heavy (non-hydrogen) atoms. The normalized spacial score (nSPS) is 17.5. The van der Waals surface area contributed by atoms with Gasteiger partial charge in [-0.1, -0.05) is 0 Å². The van der Waals surface area contributed by atoms with Crippen molar-refractivity contribution in [3.63, 3.8) is 0 Å². The highest BCUT2D eigenvalue weighted by molar-refractivity contribution is 9.10. The Labute approximate surface area is 216 Å². The molecule has 9 nitrogen and oxygen atoms in total. The number of aromatic nitrogens is 2. The third-order valence-electron chi connectivity index (χ3n) is 6.40. The van der Waals surface area contributed by atoms with E-state index in [9.17, 15) is 9.59 Å². The zero-order valence-electron chi connectivity index (χ0n) is 19.6. The number of hydrogen-bond donors (Lipinski definition) is 2. The van der Waals surface area contributed by atoms with Crippen LogP contribution < -0.4 is 15.4 Å². The first-order valence-corrected chi connectivity index (χ1v) is 13.2. The molecule has 0 aliphatic carbocycles. The van der Waals surface area contributed by atoms with E-state index in [4.69, 9.17) is 9.72 Å². The second-order valence-corrected chi connectivity index (χ2v) is 11.1. The Morgan fingerprint density at radius 1 is 1.23 bits per heavy atom. The van der Waals surface area contributed by atoms with Crippen LogP contribution in [-0.2, 0) is 4.79 Å². The van der Waals surface area contributed by atoms with Crippen LogP contribution in [0.25, 0.3) is 20.7 Å². The van der Waals surface area contributed by atoms with Gasteiger partial charge in [-0.15, -0.1) is 11.3 Å². The number of thiophene rings is 1. The summed E-state index contributed by atoms with van der Waals surface area (Å²) in [5.74, 6) is 1.04. The van der Waals surface area contributed by atoms with Crippen LogP contribution in [0.5, 0.6) is 5.75 Å². The number of urea groups is 1. The molecule has 0 saturated carbocycles. The fourth-order valence-corrected chi connectivity index (χ4v) is 5.69. The number of halogens is 1. The van der Waals surface area contributed by atoms with Crippen molar-refractivity contribution in [2.45, 2.75) is 25.8 Å². The number of amides is 3. The summed E-state index contributed by atoms with van der Waals surface area (Å²) in [7, 11) is 0. The molecule has 4 heterocycles. The Morgan fingerprint density at radius 2 is 2.06 bits per heavy atom. The van der Waals surface area contributed by atoms with E-state index in [0.29, 0.717) is 25.6 Å². The average Bonchev–Trinajstić information content (AvgIpc) is 3.29. The lowest BCUT2D eigenvalue weighted by molar-refractivity contribution is -0.125. The highest BCUT2D eigenvalue weighted by atomic mass is 79.9. The largest absolute Gasteiger partial charge is 0.492 e. The number of imide groups is 1. The van der Waals surface area contributed by atoms with Gasteiger partial charge in [-0.2, -0.15) is 0 Å². The van der Waals surface area contributed by atoms with Gasteiger partial charge in [0.1, 0.15) is 23.6 Å². The van der Waals surface area contributed by atoms with Crippen LogP contribution in [0, 0.1) is 0 Å². The van der Waals surface area contributed by atoms with Gasteiger partial charge in [-0.3, -0.25) is 15.0 Å². The maximum Gasteiger partial charge on any atom is 0.325 e. The van der Waals surface area contributed by atoms with E-state index in [-0.39, 0.29) is 11.9 Å². The molecule has 1 aromatic carbocycles. The molecule has 11 heteroatoms. The number of benzene rings is 1. The Hall–Kier alpha value is -2.76. The lowest BCUT2D eigenvalue weighted by Crippen LogP contribution is -2.46. The SMILES string of the molecule is CC1(C)C(=O)NC(=O)N1CCNc1ncc(Br)c(-c2cc3cc(OCCN4CCC4)ccc3s2)n1. The first-order valence-electron chi connectivity index (χ1n) is 11.6. The van der Waals surface area contributed by atoms with E-state index in [1.807, 2.05) is 6.07 Å². The molecule has 0 bridgehead atoms. The van der Waals surface area contributed by atoms with Gasteiger partial charge in [0.25, 0.3) is 5.91 Å². The van der Waals surface area contributed by atoms with Crippen molar-refractivity contribution in [1.82, 2.24) is 25.1 Å². The number of fused-ring (bicyclic) bond motifs is 1. The smallest absolute Gasteiger partial charge is 0.325 e. The molecule has 3 amide bonds. The van der Waals surface area contributed by atoms with Crippen molar-refractivity contribution in [2.75, 3.05) is 44.6 Å². The van der Waals surface area contributed by atoms with Crippen molar-refractivity contribution in [3.8, 4) is 16.3 Å². The standard InChI is InChI=1S/C24H27BrN6O3S/c1-24(2)21(32)29-23(33)31(24)9-6-26-22-27-14-17(25)20(28-22)19-13-15-12-16(4-5-18(15)35-19)34-11-10-30-7-3-8-30/h4-5,12-14H,3,6-11H2,1-2H3,(H,26,27,28)(H,29,32,33). The average molecular weight is 559 g/mol. The number of hydrogen-bond acceptors (Lipinski definition) is 8. The van der Waals surface area contributed by atoms with E-state index < -0.39 is 5.54 Å². The van der Waals surface area contributed by atoms with Gasteiger partial charge >= 0.3 is 6.03 Å². The minimum absolute atomic E-state index is 0.292. The number of ether oxygens (including phenoxy) is 1. The van der Waals surface area contributed by atoms with Crippen LogP contribution in [0.2, 0.25) is 0 Å². The van der Waals surface area contributed by atoms with E-state index >= 15 is 0 Å². The second kappa shape index (κ2) is 9.71. The summed E-state index contributed by atoms with van der Waals surface area (Å²) in [5.41, 5.74) is -0.0858. The van der Waals surface area contributed by atoms with Gasteiger partial charge in [0.05, 0.1) is 9.35 Å². The van der Waals surface area contributed by atoms with Crippen LogP contribution in [0.3, 0.4) is 0 Å². The highest BCUT2D eigenvalue weighted by Gasteiger charge is 2.45. The van der Waals surface area contributed by atoms with Crippen LogP contribution >= 0.6 is 27.3 Å². The summed E-state index contributed by atoms with van der Waals surface area (Å²) in [4.78, 5) is 38.0. The number of nitrogens with one attached hydrogen (secondary N) is 2. The highest BCUT2D eigenvalue weighted by Crippen LogP contribution is 2.37. The topological polar surface area (TPSA) is 99.7 Å². The van der Waals surface area contributed by atoms with Gasteiger partial charge in [0.15, 0.2) is 0 Å². The summed E-state index contributed by atoms with van der Waals surface area (Å²) in [6, 6.07) is 7.90. The maximum absolute atomic E-state index is 12.1. The molecular weight excluding hydrogens is 532 g/mol. The fourth-order valence-electron chi connectivity index (χ4n) is 4.11. The number of carbonyl (C=O) groups excluding carboxylic acids is 2. The summed E-state index contributed by atoms with van der Waals surface area (Å²) in [6.45, 7) is 8.22. The van der Waals surface area contributed by atoms with E-state index in [1.165, 1.54) is 24.4 Å². The summed E-state index contributed by atoms with van der Waals surface area (Å²) in [5, 5.41) is 6.64. The minimum atomic E-state index is -0.876. The molecule has 0 atom stereocenters. The van der Waals surface area contributed by atoms with Crippen LogP contribution in [0.4, 0.5) is 10.7 Å². The first kappa shape index (κ1) is 24.0. The molecule has 0 radical (unpaired) electrons. The predicted octanol–water partition coefficient (Wildman–Crippen LogP) is 3.95. The number of carbonyl (C=O) groups is 2. The Kier molecular flexibility index (Phi) is 6.65. The molecular formula is C24H27BrN6O3S. The molecule has 2 aromatic heterocycles. The molecule has 5 rings (SSSR count). The molecule has 2 aliphatic heterocycles. The maximum atomic E-state index is 12.1. The van der Waals surface area contributed by atoms with Crippen molar-refractivity contribution in [1.29, 1.82) is 0 Å². The van der Waals surface area contributed by atoms with E-state index in [0.717, 1.165) is 37.4 Å². The van der Waals surface area contributed by atoms with Gasteiger partial charge in [-0.25, -0.2) is 14.8 Å². The molecule has 2 aliphatic rings. The molecule has 0 unspecified atom stereocenters. The lowest BCUT2D eigenvalue weighted by atomic mass is 10.0.